The molecule has 9 nitrogen and oxygen atoms in total. The highest BCUT2D eigenvalue weighted by Gasteiger charge is 2.35. The van der Waals surface area contributed by atoms with Crippen molar-refractivity contribution in [3.8, 4) is 23.0 Å². The number of hydrogen-bond donors (Lipinski definition) is 1. The smallest absolute Gasteiger partial charge is 0.341 e. The fourth-order valence-corrected chi connectivity index (χ4v) is 4.12. The molecule has 166 valence electrons. The monoisotopic (exact) mass is 477 g/mol. The molecule has 32 heavy (non-hydrogen) atoms. The average Bonchev–Trinajstić information content (AvgIpc) is 3.31. The van der Waals surface area contributed by atoms with E-state index >= 15 is 0 Å². The van der Waals surface area contributed by atoms with Crippen molar-refractivity contribution in [3.05, 3.63) is 51.4 Å². The number of carbonyl (C=O) groups excluding carboxylic acids is 2. The summed E-state index contributed by atoms with van der Waals surface area (Å²) in [5.74, 6) is -0.0167. The molecule has 0 aromatic heterocycles. The van der Waals surface area contributed by atoms with Crippen LogP contribution < -0.4 is 18.9 Å². The molecular weight excluding hydrogens is 462 g/mol. The zero-order chi connectivity index (χ0) is 22.8. The number of rotatable bonds is 7. The van der Waals surface area contributed by atoms with Crippen molar-refractivity contribution in [2.75, 3.05) is 20.5 Å². The minimum Gasteiger partial charge on any atom is -0.493 e. The second kappa shape index (κ2) is 9.01. The number of carboxylic acids is 1. The Bertz CT molecular complexity index is 1150. The Kier molecular flexibility index (Phi) is 6.15. The van der Waals surface area contributed by atoms with E-state index in [1.807, 2.05) is 0 Å². The van der Waals surface area contributed by atoms with Crippen molar-refractivity contribution in [1.82, 2.24) is 4.90 Å². The maximum absolute atomic E-state index is 12.9. The molecule has 0 atom stereocenters. The Hall–Kier alpha value is -3.37. The summed E-state index contributed by atoms with van der Waals surface area (Å²) in [6.07, 6.45) is 1.55. The number of ether oxygens (including phenoxy) is 4. The van der Waals surface area contributed by atoms with Gasteiger partial charge in [-0.15, -0.1) is 0 Å². The van der Waals surface area contributed by atoms with Gasteiger partial charge in [-0.3, -0.25) is 14.5 Å². The van der Waals surface area contributed by atoms with Crippen molar-refractivity contribution in [3.63, 3.8) is 0 Å². The van der Waals surface area contributed by atoms with Crippen molar-refractivity contribution < 1.29 is 38.4 Å². The second-order valence-electron chi connectivity index (χ2n) is 6.66. The predicted molar refractivity (Wildman–Crippen MR) is 115 cm³/mol. The first kappa shape index (κ1) is 21.8. The normalized spacial score (nSPS) is 16.1. The quantitative estimate of drug-likeness (QED) is 0.595. The van der Waals surface area contributed by atoms with Crippen LogP contribution in [0.1, 0.15) is 11.1 Å². The summed E-state index contributed by atoms with van der Waals surface area (Å²) < 4.78 is 21.0. The third kappa shape index (κ3) is 4.46. The van der Waals surface area contributed by atoms with Crippen molar-refractivity contribution >= 4 is 46.6 Å². The van der Waals surface area contributed by atoms with E-state index < -0.39 is 23.7 Å². The second-order valence-corrected chi connectivity index (χ2v) is 8.06. The van der Waals surface area contributed by atoms with E-state index in [4.69, 9.17) is 35.7 Å². The van der Waals surface area contributed by atoms with Gasteiger partial charge in [-0.1, -0.05) is 17.7 Å². The molecule has 2 aromatic rings. The number of benzene rings is 2. The van der Waals surface area contributed by atoms with Crippen LogP contribution in [0.5, 0.6) is 23.0 Å². The summed E-state index contributed by atoms with van der Waals surface area (Å²) in [6.45, 7) is -0.442. The molecule has 1 saturated heterocycles. The van der Waals surface area contributed by atoms with Gasteiger partial charge in [-0.2, -0.15) is 0 Å². The molecule has 0 radical (unpaired) electrons. The maximum atomic E-state index is 12.9. The summed E-state index contributed by atoms with van der Waals surface area (Å²) >= 11 is 7.08. The van der Waals surface area contributed by atoms with Gasteiger partial charge in [-0.05, 0) is 47.2 Å². The Morgan fingerprint density at radius 3 is 2.69 bits per heavy atom. The largest absolute Gasteiger partial charge is 0.493 e. The van der Waals surface area contributed by atoms with Gasteiger partial charge in [0.25, 0.3) is 11.1 Å². The number of aliphatic carboxylic acids is 1. The topological polar surface area (TPSA) is 112 Å². The number of halogens is 1. The lowest BCUT2D eigenvalue weighted by molar-refractivity contribution is -0.139. The van der Waals surface area contributed by atoms with Crippen LogP contribution in [0.4, 0.5) is 4.79 Å². The predicted octanol–water partition coefficient (Wildman–Crippen LogP) is 3.78. The molecule has 0 spiro atoms. The van der Waals surface area contributed by atoms with Crippen LogP contribution in [-0.2, 0) is 16.1 Å². The summed E-state index contributed by atoms with van der Waals surface area (Å²) in [4.78, 5) is 37.4. The van der Waals surface area contributed by atoms with Crippen molar-refractivity contribution in [2.24, 2.45) is 0 Å². The molecule has 11 heteroatoms. The summed E-state index contributed by atoms with van der Waals surface area (Å²) in [5.41, 5.74) is 1.14. The summed E-state index contributed by atoms with van der Waals surface area (Å²) in [6, 6.07) is 7.99. The van der Waals surface area contributed by atoms with Crippen molar-refractivity contribution in [1.29, 1.82) is 0 Å². The van der Waals surface area contributed by atoms with Crippen LogP contribution in [-0.4, -0.2) is 47.6 Å². The molecule has 2 aliphatic heterocycles. The molecule has 2 aromatic carbocycles. The number of imide groups is 1. The molecule has 1 N–H and O–H groups in total. The number of fused-ring (bicyclic) bond motifs is 1. The lowest BCUT2D eigenvalue weighted by atomic mass is 10.1. The Labute approximate surface area is 191 Å². The summed E-state index contributed by atoms with van der Waals surface area (Å²) in [5, 5.41) is 8.69. The summed E-state index contributed by atoms with van der Waals surface area (Å²) in [7, 11) is 1.41. The minimum atomic E-state index is -1.12. The van der Waals surface area contributed by atoms with Crippen molar-refractivity contribution in [2.45, 2.75) is 6.54 Å². The SMILES string of the molecule is COc1cc(/C=C2/SC(=O)N(Cc3cc4c(cc3Cl)OCO4)C2=O)ccc1OCC(=O)O. The zero-order valence-corrected chi connectivity index (χ0v) is 18.2. The number of amides is 2. The molecule has 4 rings (SSSR count). The van der Waals surface area contributed by atoms with E-state index in [1.54, 1.807) is 30.3 Å². The zero-order valence-electron chi connectivity index (χ0n) is 16.6. The first-order valence-corrected chi connectivity index (χ1v) is 10.4. The fourth-order valence-electron chi connectivity index (χ4n) is 3.07. The lowest BCUT2D eigenvalue weighted by Crippen LogP contribution is -2.27. The number of thioether (sulfide) groups is 1. The third-order valence-corrected chi connectivity index (χ3v) is 5.84. The van der Waals surface area contributed by atoms with E-state index in [0.29, 0.717) is 33.4 Å². The van der Waals surface area contributed by atoms with Gasteiger partial charge in [0.2, 0.25) is 6.79 Å². The van der Waals surface area contributed by atoms with Crippen LogP contribution in [0.25, 0.3) is 6.08 Å². The number of carboxylic acid groups (broad SMARTS) is 1. The van der Waals surface area contributed by atoms with Gasteiger partial charge >= 0.3 is 5.97 Å². The first-order chi connectivity index (χ1) is 15.4. The van der Waals surface area contributed by atoms with Crippen LogP contribution >= 0.6 is 23.4 Å². The molecule has 2 amide bonds. The van der Waals surface area contributed by atoms with Gasteiger partial charge in [0, 0.05) is 11.1 Å². The maximum Gasteiger partial charge on any atom is 0.341 e. The lowest BCUT2D eigenvalue weighted by Gasteiger charge is -2.14. The Morgan fingerprint density at radius 1 is 1.22 bits per heavy atom. The highest BCUT2D eigenvalue weighted by atomic mass is 35.5. The molecule has 1 fully saturated rings. The Balaban J connectivity index is 1.53. The van der Waals surface area contributed by atoms with E-state index in [1.165, 1.54) is 13.2 Å². The first-order valence-electron chi connectivity index (χ1n) is 9.21. The fraction of sp³-hybridized carbons (Fsp3) is 0.190. The highest BCUT2D eigenvalue weighted by Crippen LogP contribution is 2.39. The molecule has 0 bridgehead atoms. The molecule has 0 saturated carbocycles. The molecular formula is C21H16ClNO8S. The minimum absolute atomic E-state index is 0.0111. The number of carbonyl (C=O) groups is 3. The standard InChI is InChI=1S/C21H16ClNO8S/c1-28-15-4-11(2-3-14(15)29-9-19(24)25)5-18-20(26)23(21(27)32-18)8-12-6-16-17(7-13(12)22)31-10-30-16/h2-7H,8-10H2,1H3,(H,24,25)/b18-5+. The molecule has 0 unspecified atom stereocenters. The number of nitrogens with zero attached hydrogens (tertiary/aromatic N) is 1. The van der Waals surface area contributed by atoms with Gasteiger partial charge in [0.15, 0.2) is 29.6 Å². The van der Waals surface area contributed by atoms with E-state index in [9.17, 15) is 14.4 Å². The number of hydrogen-bond acceptors (Lipinski definition) is 8. The van der Waals surface area contributed by atoms with Crippen LogP contribution in [0.3, 0.4) is 0 Å². The van der Waals surface area contributed by atoms with E-state index in [0.717, 1.165) is 16.7 Å². The van der Waals surface area contributed by atoms with Gasteiger partial charge in [0.05, 0.1) is 18.6 Å². The van der Waals surface area contributed by atoms with Crippen LogP contribution in [0, 0.1) is 0 Å². The molecule has 0 aliphatic carbocycles. The van der Waals surface area contributed by atoms with Gasteiger partial charge in [0.1, 0.15) is 0 Å². The number of methoxy groups -OCH3 is 1. The van der Waals surface area contributed by atoms with E-state index in [-0.39, 0.29) is 24.0 Å². The Morgan fingerprint density at radius 2 is 1.97 bits per heavy atom. The molecule has 2 heterocycles. The molecule has 2 aliphatic rings. The van der Waals surface area contributed by atoms with Crippen LogP contribution in [0.2, 0.25) is 5.02 Å². The van der Waals surface area contributed by atoms with Gasteiger partial charge in [-0.25, -0.2) is 4.79 Å². The van der Waals surface area contributed by atoms with Crippen LogP contribution in [0.15, 0.2) is 35.2 Å². The van der Waals surface area contributed by atoms with E-state index in [2.05, 4.69) is 0 Å². The third-order valence-electron chi connectivity index (χ3n) is 4.58. The highest BCUT2D eigenvalue weighted by molar-refractivity contribution is 8.18. The van der Waals surface area contributed by atoms with Gasteiger partial charge < -0.3 is 24.1 Å². The average molecular weight is 478 g/mol.